The lowest BCUT2D eigenvalue weighted by atomic mass is 10.1. The summed E-state index contributed by atoms with van der Waals surface area (Å²) in [5.74, 6) is -0.256. The maximum Gasteiger partial charge on any atom is 0.281 e. The molecule has 0 bridgehead atoms. The van der Waals surface area contributed by atoms with Crippen LogP contribution in [0, 0.1) is 10.1 Å². The Hall–Kier alpha value is -3.37. The standard InChI is InChI=1S/C20H15N3O5S2/c24-11-13-9-14(23(26)27)5-6-17(13)28-12-20(25)22-16(19-4-2-8-30-19)10-15(21-22)18-3-1-7-29-18/h1-9,11,16H,10,12H2. The lowest BCUT2D eigenvalue weighted by molar-refractivity contribution is -0.384. The highest BCUT2D eigenvalue weighted by Crippen LogP contribution is 2.36. The van der Waals surface area contributed by atoms with Gasteiger partial charge in [0.1, 0.15) is 5.75 Å². The number of aldehydes is 1. The van der Waals surface area contributed by atoms with E-state index >= 15 is 0 Å². The number of ether oxygens (including phenoxy) is 1. The molecule has 152 valence electrons. The number of carbonyl (C=O) groups excluding carboxylic acids is 2. The molecule has 4 rings (SSSR count). The predicted molar refractivity (Wildman–Crippen MR) is 113 cm³/mol. The van der Waals surface area contributed by atoms with Crippen LogP contribution in [-0.4, -0.2) is 34.4 Å². The van der Waals surface area contributed by atoms with E-state index in [1.165, 1.54) is 17.1 Å². The van der Waals surface area contributed by atoms with E-state index in [1.54, 1.807) is 22.7 Å². The molecule has 0 saturated heterocycles. The molecule has 30 heavy (non-hydrogen) atoms. The number of amides is 1. The van der Waals surface area contributed by atoms with Gasteiger partial charge in [-0.1, -0.05) is 12.1 Å². The van der Waals surface area contributed by atoms with Gasteiger partial charge < -0.3 is 4.74 Å². The van der Waals surface area contributed by atoms with Gasteiger partial charge in [-0.15, -0.1) is 22.7 Å². The van der Waals surface area contributed by atoms with E-state index in [0.717, 1.165) is 21.5 Å². The molecule has 0 N–H and O–H groups in total. The monoisotopic (exact) mass is 441 g/mol. The van der Waals surface area contributed by atoms with E-state index in [9.17, 15) is 19.7 Å². The lowest BCUT2D eigenvalue weighted by Crippen LogP contribution is -2.31. The average Bonchev–Trinajstić information content (AvgIpc) is 3.51. The summed E-state index contributed by atoms with van der Waals surface area (Å²) in [6.07, 6.45) is 1.06. The van der Waals surface area contributed by atoms with Crippen molar-refractivity contribution in [1.82, 2.24) is 5.01 Å². The second-order valence-electron chi connectivity index (χ2n) is 6.38. The summed E-state index contributed by atoms with van der Waals surface area (Å²) in [7, 11) is 0. The fraction of sp³-hybridized carbons (Fsp3) is 0.150. The molecule has 1 aliphatic heterocycles. The summed E-state index contributed by atoms with van der Waals surface area (Å²) in [6, 6.07) is 11.2. The van der Waals surface area contributed by atoms with Gasteiger partial charge in [0.15, 0.2) is 12.9 Å². The smallest absolute Gasteiger partial charge is 0.281 e. The molecule has 0 radical (unpaired) electrons. The van der Waals surface area contributed by atoms with Crippen molar-refractivity contribution < 1.29 is 19.2 Å². The second-order valence-corrected chi connectivity index (χ2v) is 8.31. The molecule has 1 atom stereocenters. The molecule has 3 aromatic rings. The number of non-ortho nitro benzene ring substituents is 1. The highest BCUT2D eigenvalue weighted by molar-refractivity contribution is 7.12. The Morgan fingerprint density at radius 2 is 2.07 bits per heavy atom. The van der Waals surface area contributed by atoms with Gasteiger partial charge in [-0.3, -0.25) is 19.7 Å². The highest BCUT2D eigenvalue weighted by Gasteiger charge is 2.34. The molecule has 0 spiro atoms. The zero-order valence-electron chi connectivity index (χ0n) is 15.5. The number of nitrogens with zero attached hydrogens (tertiary/aromatic N) is 3. The summed E-state index contributed by atoms with van der Waals surface area (Å²) in [4.78, 5) is 36.5. The van der Waals surface area contributed by atoms with Crippen LogP contribution in [0.2, 0.25) is 0 Å². The van der Waals surface area contributed by atoms with Crippen LogP contribution in [0.3, 0.4) is 0 Å². The third-order valence-electron chi connectivity index (χ3n) is 4.53. The van der Waals surface area contributed by atoms with E-state index in [-0.39, 0.29) is 35.6 Å². The predicted octanol–water partition coefficient (Wildman–Crippen LogP) is 4.29. The molecule has 8 nitrogen and oxygen atoms in total. The summed E-state index contributed by atoms with van der Waals surface area (Å²) >= 11 is 3.11. The first-order valence-corrected chi connectivity index (χ1v) is 10.7. The van der Waals surface area contributed by atoms with Crippen LogP contribution in [0.1, 0.15) is 32.6 Å². The molecule has 0 fully saturated rings. The SMILES string of the molecule is O=Cc1cc([N+](=O)[O-])ccc1OCC(=O)N1N=C(c2cccs2)CC1c1cccs1. The Bertz CT molecular complexity index is 1110. The molecule has 0 saturated carbocycles. The van der Waals surface area contributed by atoms with E-state index in [0.29, 0.717) is 12.7 Å². The Labute approximate surface area is 179 Å². The minimum atomic E-state index is -0.599. The van der Waals surface area contributed by atoms with Crippen LogP contribution in [0.25, 0.3) is 0 Å². The molecular formula is C20H15N3O5S2. The largest absolute Gasteiger partial charge is 0.483 e. The minimum Gasteiger partial charge on any atom is -0.483 e. The van der Waals surface area contributed by atoms with Crippen LogP contribution in [0.5, 0.6) is 5.75 Å². The number of hydrogen-bond donors (Lipinski definition) is 0. The van der Waals surface area contributed by atoms with Gasteiger partial charge in [0.25, 0.3) is 11.6 Å². The van der Waals surface area contributed by atoms with E-state index in [4.69, 9.17) is 4.74 Å². The van der Waals surface area contributed by atoms with Crippen LogP contribution >= 0.6 is 22.7 Å². The molecular weight excluding hydrogens is 426 g/mol. The quantitative estimate of drug-likeness (QED) is 0.309. The van der Waals surface area contributed by atoms with Gasteiger partial charge in [-0.25, -0.2) is 5.01 Å². The van der Waals surface area contributed by atoms with Crippen LogP contribution in [0.4, 0.5) is 5.69 Å². The Balaban J connectivity index is 1.53. The van der Waals surface area contributed by atoms with Gasteiger partial charge >= 0.3 is 0 Å². The number of benzene rings is 1. The van der Waals surface area contributed by atoms with Crippen molar-refractivity contribution in [3.05, 3.63) is 78.7 Å². The van der Waals surface area contributed by atoms with E-state index in [1.807, 2.05) is 35.0 Å². The van der Waals surface area contributed by atoms with Crippen molar-refractivity contribution in [2.75, 3.05) is 6.61 Å². The summed E-state index contributed by atoms with van der Waals surface area (Å²) in [5, 5.41) is 20.7. The summed E-state index contributed by atoms with van der Waals surface area (Å²) < 4.78 is 5.52. The first-order valence-electron chi connectivity index (χ1n) is 8.90. The zero-order valence-corrected chi connectivity index (χ0v) is 17.1. The van der Waals surface area contributed by atoms with Crippen LogP contribution < -0.4 is 4.74 Å². The van der Waals surface area contributed by atoms with Crippen LogP contribution in [-0.2, 0) is 4.79 Å². The van der Waals surface area contributed by atoms with Gasteiger partial charge in [0.05, 0.1) is 27.1 Å². The topological polar surface area (TPSA) is 102 Å². The summed E-state index contributed by atoms with van der Waals surface area (Å²) in [6.45, 7) is -0.345. The average molecular weight is 441 g/mol. The normalized spacial score (nSPS) is 15.7. The number of carbonyl (C=O) groups is 2. The third kappa shape index (κ3) is 4.00. The fourth-order valence-electron chi connectivity index (χ4n) is 3.11. The first kappa shape index (κ1) is 19.9. The molecule has 1 aromatic carbocycles. The van der Waals surface area contributed by atoms with Gasteiger partial charge in [0, 0.05) is 23.4 Å². The van der Waals surface area contributed by atoms with E-state index in [2.05, 4.69) is 5.10 Å². The van der Waals surface area contributed by atoms with Crippen molar-refractivity contribution in [1.29, 1.82) is 0 Å². The molecule has 2 aromatic heterocycles. The highest BCUT2D eigenvalue weighted by atomic mass is 32.1. The second kappa shape index (κ2) is 8.56. The number of nitro benzene ring substituents is 1. The molecule has 3 heterocycles. The van der Waals surface area contributed by atoms with Crippen molar-refractivity contribution >= 4 is 46.3 Å². The maximum atomic E-state index is 12.9. The number of hydrogen-bond acceptors (Lipinski definition) is 8. The maximum absolute atomic E-state index is 12.9. The van der Waals surface area contributed by atoms with Gasteiger partial charge in [-0.2, -0.15) is 5.10 Å². The molecule has 1 amide bonds. The number of thiophene rings is 2. The zero-order chi connectivity index (χ0) is 21.1. The number of hydrazone groups is 1. The van der Waals surface area contributed by atoms with E-state index < -0.39 is 4.92 Å². The molecule has 1 aliphatic rings. The Morgan fingerprint density at radius 3 is 2.73 bits per heavy atom. The summed E-state index contributed by atoms with van der Waals surface area (Å²) in [5.41, 5.74) is 0.620. The minimum absolute atomic E-state index is 0.0102. The molecule has 0 aliphatic carbocycles. The molecule has 1 unspecified atom stereocenters. The van der Waals surface area contributed by atoms with Gasteiger partial charge in [-0.05, 0) is 29.0 Å². The third-order valence-corrected chi connectivity index (χ3v) is 6.42. The first-order chi connectivity index (χ1) is 14.6. The van der Waals surface area contributed by atoms with Crippen molar-refractivity contribution in [3.63, 3.8) is 0 Å². The van der Waals surface area contributed by atoms with Crippen molar-refractivity contribution in [2.45, 2.75) is 12.5 Å². The van der Waals surface area contributed by atoms with Crippen molar-refractivity contribution in [2.24, 2.45) is 5.10 Å². The Kier molecular flexibility index (Phi) is 5.68. The fourth-order valence-corrected chi connectivity index (χ4v) is 4.65. The lowest BCUT2D eigenvalue weighted by Gasteiger charge is -2.20. The van der Waals surface area contributed by atoms with Gasteiger partial charge in [0.2, 0.25) is 0 Å². The number of rotatable bonds is 7. The molecule has 10 heteroatoms. The number of nitro groups is 1. The van der Waals surface area contributed by atoms with Crippen LogP contribution in [0.15, 0.2) is 58.3 Å². The Morgan fingerprint density at radius 1 is 1.27 bits per heavy atom. The van der Waals surface area contributed by atoms with Crippen molar-refractivity contribution in [3.8, 4) is 5.75 Å².